The van der Waals surface area contributed by atoms with Gasteiger partial charge in [-0.3, -0.25) is 24.0 Å². The second kappa shape index (κ2) is 4.40. The molecule has 0 aromatic carbocycles. The van der Waals surface area contributed by atoms with Gasteiger partial charge in [0.05, 0.1) is 13.1 Å². The Labute approximate surface area is 90.7 Å². The highest BCUT2D eigenvalue weighted by Crippen LogP contribution is 2.16. The van der Waals surface area contributed by atoms with Crippen molar-refractivity contribution in [1.82, 2.24) is 10.2 Å². The van der Waals surface area contributed by atoms with E-state index in [0.717, 1.165) is 12.8 Å². The third-order valence-electron chi connectivity index (χ3n) is 2.85. The Bertz CT molecular complexity index is 292. The number of carbonyl (C=O) groups excluding carboxylic acids is 2. The number of nitrogens with zero attached hydrogens (tertiary/aromatic N) is 1. The molecule has 2 aliphatic rings. The van der Waals surface area contributed by atoms with Crippen LogP contribution in [-0.2, 0) is 20.4 Å². The molecule has 2 heterocycles. The molecule has 2 aliphatic heterocycles. The third kappa shape index (κ3) is 2.63. The SMILES string of the molecule is O=C1CN(C2CCS(=O)CC2)CC(=O)N1. The molecule has 0 aliphatic carbocycles. The molecule has 0 atom stereocenters. The highest BCUT2D eigenvalue weighted by atomic mass is 32.2. The van der Waals surface area contributed by atoms with Gasteiger partial charge in [-0.15, -0.1) is 0 Å². The van der Waals surface area contributed by atoms with Crippen molar-refractivity contribution in [3.63, 3.8) is 0 Å². The molecule has 5 nitrogen and oxygen atoms in total. The van der Waals surface area contributed by atoms with Gasteiger partial charge < -0.3 is 0 Å². The molecule has 0 bridgehead atoms. The molecule has 1 N–H and O–H groups in total. The summed E-state index contributed by atoms with van der Waals surface area (Å²) < 4.78 is 11.2. The third-order valence-corrected chi connectivity index (χ3v) is 4.23. The summed E-state index contributed by atoms with van der Waals surface area (Å²) in [4.78, 5) is 24.2. The second-order valence-corrected chi connectivity index (χ2v) is 5.65. The molecule has 0 saturated carbocycles. The van der Waals surface area contributed by atoms with Crippen molar-refractivity contribution in [2.24, 2.45) is 0 Å². The van der Waals surface area contributed by atoms with E-state index in [1.165, 1.54) is 0 Å². The lowest BCUT2D eigenvalue weighted by atomic mass is 10.1. The molecule has 84 valence electrons. The predicted molar refractivity (Wildman–Crippen MR) is 55.6 cm³/mol. The van der Waals surface area contributed by atoms with Crippen LogP contribution in [0.2, 0.25) is 0 Å². The fourth-order valence-electron chi connectivity index (χ4n) is 2.06. The van der Waals surface area contributed by atoms with Crippen LogP contribution in [0.3, 0.4) is 0 Å². The van der Waals surface area contributed by atoms with Gasteiger partial charge in [0.25, 0.3) is 0 Å². The van der Waals surface area contributed by atoms with Crippen molar-refractivity contribution in [2.75, 3.05) is 24.6 Å². The van der Waals surface area contributed by atoms with Crippen molar-refractivity contribution in [3.8, 4) is 0 Å². The van der Waals surface area contributed by atoms with E-state index in [9.17, 15) is 13.8 Å². The maximum absolute atomic E-state index is 11.2. The average Bonchev–Trinajstić information content (AvgIpc) is 2.17. The van der Waals surface area contributed by atoms with Gasteiger partial charge in [-0.05, 0) is 12.8 Å². The molecule has 0 spiro atoms. The minimum absolute atomic E-state index is 0.224. The van der Waals surface area contributed by atoms with Crippen LogP contribution >= 0.6 is 0 Å². The van der Waals surface area contributed by atoms with Crippen molar-refractivity contribution in [3.05, 3.63) is 0 Å². The molecule has 0 unspecified atom stereocenters. The van der Waals surface area contributed by atoms with E-state index < -0.39 is 10.8 Å². The number of nitrogens with one attached hydrogen (secondary N) is 1. The summed E-state index contributed by atoms with van der Waals surface area (Å²) in [6, 6.07) is 0.248. The van der Waals surface area contributed by atoms with Crippen LogP contribution in [0.15, 0.2) is 0 Å². The van der Waals surface area contributed by atoms with E-state index in [2.05, 4.69) is 5.32 Å². The van der Waals surface area contributed by atoms with E-state index in [-0.39, 0.29) is 17.9 Å². The normalized spacial score (nSPS) is 33.9. The summed E-state index contributed by atoms with van der Waals surface area (Å²) in [5, 5.41) is 2.28. The fraction of sp³-hybridized carbons (Fsp3) is 0.778. The first-order chi connectivity index (χ1) is 7.15. The van der Waals surface area contributed by atoms with Crippen molar-refractivity contribution in [2.45, 2.75) is 18.9 Å². The largest absolute Gasteiger partial charge is 0.294 e. The molecular weight excluding hydrogens is 216 g/mol. The van der Waals surface area contributed by atoms with Crippen LogP contribution in [-0.4, -0.2) is 51.6 Å². The summed E-state index contributed by atoms with van der Waals surface area (Å²) in [6.07, 6.45) is 1.65. The number of carbonyl (C=O) groups is 2. The van der Waals surface area contributed by atoms with Crippen LogP contribution in [0.4, 0.5) is 0 Å². The summed E-state index contributed by atoms with van der Waals surface area (Å²) in [7, 11) is -0.695. The number of hydrogen-bond donors (Lipinski definition) is 1. The van der Waals surface area contributed by atoms with Crippen molar-refractivity contribution >= 4 is 22.6 Å². The van der Waals surface area contributed by atoms with Gasteiger partial charge in [0.1, 0.15) is 0 Å². The monoisotopic (exact) mass is 230 g/mol. The molecule has 0 radical (unpaired) electrons. The number of hydrogen-bond acceptors (Lipinski definition) is 4. The molecule has 6 heteroatoms. The summed E-state index contributed by atoms with van der Waals surface area (Å²) in [6.45, 7) is 0.589. The molecular formula is C9H14N2O3S. The quantitative estimate of drug-likeness (QED) is 0.578. The number of imide groups is 1. The molecule has 2 fully saturated rings. The Morgan fingerprint density at radius 1 is 1.13 bits per heavy atom. The van der Waals surface area contributed by atoms with Crippen molar-refractivity contribution in [1.29, 1.82) is 0 Å². The Morgan fingerprint density at radius 3 is 2.20 bits per heavy atom. The minimum Gasteiger partial charge on any atom is -0.294 e. The second-order valence-electron chi connectivity index (χ2n) is 3.96. The first-order valence-electron chi connectivity index (χ1n) is 5.07. The van der Waals surface area contributed by atoms with Crippen LogP contribution in [0, 0.1) is 0 Å². The molecule has 2 saturated heterocycles. The fourth-order valence-corrected chi connectivity index (χ4v) is 3.34. The van der Waals surface area contributed by atoms with Crippen LogP contribution in [0.1, 0.15) is 12.8 Å². The lowest BCUT2D eigenvalue weighted by Crippen LogP contribution is -2.55. The smallest absolute Gasteiger partial charge is 0.240 e. The Morgan fingerprint density at radius 2 is 1.67 bits per heavy atom. The van der Waals surface area contributed by atoms with Gasteiger partial charge in [0, 0.05) is 28.3 Å². The zero-order valence-electron chi connectivity index (χ0n) is 8.40. The van der Waals surface area contributed by atoms with Gasteiger partial charge in [-0.1, -0.05) is 0 Å². The van der Waals surface area contributed by atoms with Gasteiger partial charge in [0.2, 0.25) is 11.8 Å². The molecule has 2 amide bonds. The Hall–Kier alpha value is -0.750. The number of amides is 2. The highest BCUT2D eigenvalue weighted by Gasteiger charge is 2.30. The summed E-state index contributed by atoms with van der Waals surface area (Å²) in [5.41, 5.74) is 0. The van der Waals surface area contributed by atoms with Gasteiger partial charge in [0.15, 0.2) is 0 Å². The zero-order valence-corrected chi connectivity index (χ0v) is 9.22. The predicted octanol–water partition coefficient (Wildman–Crippen LogP) is -1.14. The highest BCUT2D eigenvalue weighted by molar-refractivity contribution is 7.85. The van der Waals surface area contributed by atoms with Gasteiger partial charge in [-0.25, -0.2) is 0 Å². The van der Waals surface area contributed by atoms with Crippen LogP contribution in [0.5, 0.6) is 0 Å². The van der Waals surface area contributed by atoms with Gasteiger partial charge in [-0.2, -0.15) is 0 Å². The average molecular weight is 230 g/mol. The van der Waals surface area contributed by atoms with E-state index in [0.29, 0.717) is 24.6 Å². The zero-order chi connectivity index (χ0) is 10.8. The molecule has 0 aromatic rings. The number of piperazine rings is 1. The van der Waals surface area contributed by atoms with Crippen LogP contribution < -0.4 is 5.32 Å². The van der Waals surface area contributed by atoms with Crippen LogP contribution in [0.25, 0.3) is 0 Å². The lowest BCUT2D eigenvalue weighted by Gasteiger charge is -2.35. The standard InChI is InChI=1S/C9H14N2O3S/c12-8-5-11(6-9(13)10-8)7-1-3-15(14)4-2-7/h7H,1-6H2,(H,10,12,13). The maximum atomic E-state index is 11.2. The lowest BCUT2D eigenvalue weighted by molar-refractivity contribution is -0.137. The van der Waals surface area contributed by atoms with E-state index >= 15 is 0 Å². The first-order valence-corrected chi connectivity index (χ1v) is 6.55. The minimum atomic E-state index is -0.695. The Kier molecular flexibility index (Phi) is 3.16. The molecule has 15 heavy (non-hydrogen) atoms. The van der Waals surface area contributed by atoms with E-state index in [4.69, 9.17) is 0 Å². The van der Waals surface area contributed by atoms with Gasteiger partial charge >= 0.3 is 0 Å². The number of rotatable bonds is 1. The molecule has 0 aromatic heterocycles. The summed E-state index contributed by atoms with van der Waals surface area (Å²) in [5.74, 6) is 0.935. The Balaban J connectivity index is 1.95. The molecule has 2 rings (SSSR count). The van der Waals surface area contributed by atoms with Crippen molar-refractivity contribution < 1.29 is 13.8 Å². The topological polar surface area (TPSA) is 66.5 Å². The maximum Gasteiger partial charge on any atom is 0.240 e. The van der Waals surface area contributed by atoms with E-state index in [1.807, 2.05) is 4.90 Å². The first kappa shape index (κ1) is 10.8. The van der Waals surface area contributed by atoms with E-state index in [1.54, 1.807) is 0 Å². The summed E-state index contributed by atoms with van der Waals surface area (Å²) >= 11 is 0.